The molecule has 5 heteroatoms. The highest BCUT2D eigenvalue weighted by Crippen LogP contribution is 2.28. The van der Waals surface area contributed by atoms with Crippen molar-refractivity contribution < 1.29 is 19.5 Å². The maximum atomic E-state index is 9.01. The Kier molecular flexibility index (Phi) is 3.63. The molecular weight excluding hydrogens is 255 g/mol. The average molecular weight is 270 g/mol. The molecule has 1 unspecified atom stereocenters. The second kappa shape index (κ2) is 5.57. The number of fused-ring (bicyclic) bond motifs is 1. The molecule has 0 saturated carbocycles. The minimum absolute atomic E-state index is 0.0236. The van der Waals surface area contributed by atoms with E-state index in [1.807, 2.05) is 18.2 Å². The molecule has 20 heavy (non-hydrogen) atoms. The summed E-state index contributed by atoms with van der Waals surface area (Å²) in [5, 5.41) is 18.0. The molecule has 0 aromatic heterocycles. The molecule has 4 nitrogen and oxygen atoms in total. The van der Waals surface area contributed by atoms with Gasteiger partial charge in [-0.15, -0.1) is 0 Å². The zero-order valence-electron chi connectivity index (χ0n) is 10.9. The first-order valence-electron chi connectivity index (χ1n) is 6.56. The minimum Gasteiger partial charge on any atom is -0.490 e. The van der Waals surface area contributed by atoms with Gasteiger partial charge in [-0.3, -0.25) is 0 Å². The van der Waals surface area contributed by atoms with Crippen LogP contribution in [-0.4, -0.2) is 29.9 Å². The highest BCUT2D eigenvalue weighted by molar-refractivity contribution is 6.58. The van der Waals surface area contributed by atoms with E-state index in [0.29, 0.717) is 17.8 Å². The Morgan fingerprint density at radius 2 is 1.85 bits per heavy atom. The van der Waals surface area contributed by atoms with E-state index in [1.54, 1.807) is 24.3 Å². The van der Waals surface area contributed by atoms with Crippen molar-refractivity contribution in [2.75, 3.05) is 6.61 Å². The van der Waals surface area contributed by atoms with E-state index in [2.05, 4.69) is 6.07 Å². The van der Waals surface area contributed by atoms with Crippen molar-refractivity contribution in [3.8, 4) is 11.5 Å². The molecule has 1 aliphatic rings. The molecule has 0 amide bonds. The molecule has 0 saturated heterocycles. The number of hydrogen-bond donors (Lipinski definition) is 2. The number of para-hydroxylation sites is 1. The van der Waals surface area contributed by atoms with Crippen molar-refractivity contribution in [1.29, 1.82) is 0 Å². The van der Waals surface area contributed by atoms with Gasteiger partial charge >= 0.3 is 7.12 Å². The Balaban J connectivity index is 1.56. The van der Waals surface area contributed by atoms with Crippen LogP contribution in [0.25, 0.3) is 0 Å². The molecule has 0 radical (unpaired) electrons. The number of ether oxygens (including phenoxy) is 2. The van der Waals surface area contributed by atoms with E-state index < -0.39 is 7.12 Å². The number of hydrogen-bond acceptors (Lipinski definition) is 4. The molecular formula is C15H15BO4. The van der Waals surface area contributed by atoms with Crippen LogP contribution in [0.5, 0.6) is 11.5 Å². The van der Waals surface area contributed by atoms with Gasteiger partial charge in [0.15, 0.2) is 0 Å². The van der Waals surface area contributed by atoms with Gasteiger partial charge in [-0.2, -0.15) is 0 Å². The summed E-state index contributed by atoms with van der Waals surface area (Å²) in [6.07, 6.45) is 0.874. The van der Waals surface area contributed by atoms with Crippen LogP contribution < -0.4 is 14.9 Å². The lowest BCUT2D eigenvalue weighted by Crippen LogP contribution is -2.29. The maximum Gasteiger partial charge on any atom is 0.488 e. The van der Waals surface area contributed by atoms with Crippen molar-refractivity contribution in [1.82, 2.24) is 0 Å². The second-order valence-electron chi connectivity index (χ2n) is 4.81. The first kappa shape index (κ1) is 13.0. The Labute approximate surface area is 117 Å². The summed E-state index contributed by atoms with van der Waals surface area (Å²) in [7, 11) is -1.45. The molecule has 0 fully saturated rings. The van der Waals surface area contributed by atoms with E-state index in [0.717, 1.165) is 12.2 Å². The minimum atomic E-state index is -1.45. The third-order valence-corrected chi connectivity index (χ3v) is 3.33. The molecule has 1 aliphatic heterocycles. The predicted octanol–water partition coefficient (Wildman–Crippen LogP) is 0.749. The normalized spacial score (nSPS) is 16.4. The van der Waals surface area contributed by atoms with Crippen molar-refractivity contribution in [3.05, 3.63) is 54.1 Å². The molecule has 0 bridgehead atoms. The fourth-order valence-corrected chi connectivity index (χ4v) is 2.27. The second-order valence-corrected chi connectivity index (χ2v) is 4.81. The third-order valence-electron chi connectivity index (χ3n) is 3.33. The Morgan fingerprint density at radius 1 is 1.10 bits per heavy atom. The fourth-order valence-electron chi connectivity index (χ4n) is 2.27. The Hall–Kier alpha value is -1.98. The van der Waals surface area contributed by atoms with E-state index >= 15 is 0 Å². The van der Waals surface area contributed by atoms with Crippen molar-refractivity contribution in [2.45, 2.75) is 12.5 Å². The summed E-state index contributed by atoms with van der Waals surface area (Å²) in [6.45, 7) is 0.468. The van der Waals surface area contributed by atoms with E-state index in [9.17, 15) is 0 Å². The standard InChI is InChI=1S/C15H15BO4/c17-16(18)12-5-7-13(8-6-12)19-10-14-9-11-3-1-2-4-15(11)20-14/h1-8,14,17-18H,9-10H2. The zero-order valence-corrected chi connectivity index (χ0v) is 10.9. The third kappa shape index (κ3) is 2.79. The smallest absolute Gasteiger partial charge is 0.488 e. The van der Waals surface area contributed by atoms with Gasteiger partial charge in [-0.05, 0) is 29.2 Å². The van der Waals surface area contributed by atoms with Gasteiger partial charge in [0.05, 0.1) is 0 Å². The topological polar surface area (TPSA) is 58.9 Å². The van der Waals surface area contributed by atoms with Gasteiger partial charge in [-0.25, -0.2) is 0 Å². The lowest BCUT2D eigenvalue weighted by atomic mass is 9.80. The summed E-state index contributed by atoms with van der Waals surface area (Å²) < 4.78 is 11.5. The first-order chi connectivity index (χ1) is 9.72. The Morgan fingerprint density at radius 3 is 2.55 bits per heavy atom. The van der Waals surface area contributed by atoms with Crippen molar-refractivity contribution >= 4 is 12.6 Å². The van der Waals surface area contributed by atoms with Gasteiger partial charge < -0.3 is 19.5 Å². The molecule has 102 valence electrons. The highest BCUT2D eigenvalue weighted by Gasteiger charge is 2.22. The van der Waals surface area contributed by atoms with Crippen LogP contribution >= 0.6 is 0 Å². The van der Waals surface area contributed by atoms with Crippen LogP contribution in [-0.2, 0) is 6.42 Å². The van der Waals surface area contributed by atoms with Crippen LogP contribution in [0.4, 0.5) is 0 Å². The fraction of sp³-hybridized carbons (Fsp3) is 0.200. The van der Waals surface area contributed by atoms with Crippen LogP contribution in [0, 0.1) is 0 Å². The van der Waals surface area contributed by atoms with Gasteiger partial charge in [0.25, 0.3) is 0 Å². The van der Waals surface area contributed by atoms with Gasteiger partial charge in [0.2, 0.25) is 0 Å². The zero-order chi connectivity index (χ0) is 13.9. The average Bonchev–Trinajstić information content (AvgIpc) is 2.88. The van der Waals surface area contributed by atoms with Crippen molar-refractivity contribution in [2.24, 2.45) is 0 Å². The van der Waals surface area contributed by atoms with Gasteiger partial charge in [0, 0.05) is 6.42 Å². The quantitative estimate of drug-likeness (QED) is 0.805. The molecule has 1 atom stereocenters. The number of benzene rings is 2. The van der Waals surface area contributed by atoms with Crippen LogP contribution in [0.3, 0.4) is 0 Å². The maximum absolute atomic E-state index is 9.01. The van der Waals surface area contributed by atoms with E-state index in [1.165, 1.54) is 5.56 Å². The largest absolute Gasteiger partial charge is 0.490 e. The lowest BCUT2D eigenvalue weighted by molar-refractivity contribution is 0.148. The predicted molar refractivity (Wildman–Crippen MR) is 76.3 cm³/mol. The summed E-state index contributed by atoms with van der Waals surface area (Å²) in [5.41, 5.74) is 1.65. The molecule has 2 aromatic carbocycles. The SMILES string of the molecule is OB(O)c1ccc(OCC2Cc3ccccc3O2)cc1. The summed E-state index contributed by atoms with van der Waals surface area (Å²) in [5.74, 6) is 1.62. The van der Waals surface area contributed by atoms with E-state index in [4.69, 9.17) is 19.5 Å². The van der Waals surface area contributed by atoms with Crippen LogP contribution in [0.1, 0.15) is 5.56 Å². The summed E-state index contributed by atoms with van der Waals surface area (Å²) in [4.78, 5) is 0. The van der Waals surface area contributed by atoms with Gasteiger partial charge in [-0.1, -0.05) is 30.3 Å². The molecule has 3 rings (SSSR count). The summed E-state index contributed by atoms with van der Waals surface area (Å²) >= 11 is 0. The molecule has 2 aromatic rings. The van der Waals surface area contributed by atoms with Gasteiger partial charge in [0.1, 0.15) is 24.2 Å². The summed E-state index contributed by atoms with van der Waals surface area (Å²) in [6, 6.07) is 14.7. The monoisotopic (exact) mass is 270 g/mol. The number of rotatable bonds is 4. The van der Waals surface area contributed by atoms with Crippen LogP contribution in [0.2, 0.25) is 0 Å². The molecule has 0 spiro atoms. The first-order valence-corrected chi connectivity index (χ1v) is 6.56. The highest BCUT2D eigenvalue weighted by atomic mass is 16.5. The van der Waals surface area contributed by atoms with Crippen LogP contribution in [0.15, 0.2) is 48.5 Å². The molecule has 2 N–H and O–H groups in total. The Bertz CT molecular complexity index is 558. The van der Waals surface area contributed by atoms with Crippen molar-refractivity contribution in [3.63, 3.8) is 0 Å². The van der Waals surface area contributed by atoms with E-state index in [-0.39, 0.29) is 6.10 Å². The molecule has 0 aliphatic carbocycles. The molecule has 1 heterocycles. The lowest BCUT2D eigenvalue weighted by Gasteiger charge is -2.12.